The Morgan fingerprint density at radius 3 is 2.63 bits per heavy atom. The van der Waals surface area contributed by atoms with Crippen LogP contribution in [0.25, 0.3) is 0 Å². The maximum Gasteiger partial charge on any atom is 0.0184 e. The number of nitrogens with zero attached hydrogens (tertiary/aromatic N) is 1. The van der Waals surface area contributed by atoms with E-state index in [-0.39, 0.29) is 0 Å². The van der Waals surface area contributed by atoms with Gasteiger partial charge in [-0.3, -0.25) is 4.90 Å². The van der Waals surface area contributed by atoms with Gasteiger partial charge < -0.3 is 0 Å². The van der Waals surface area contributed by atoms with Gasteiger partial charge in [-0.05, 0) is 67.2 Å². The van der Waals surface area contributed by atoms with Crippen LogP contribution < -0.4 is 0 Å². The minimum Gasteiger partial charge on any atom is -0.296 e. The molecule has 6 unspecified atom stereocenters. The Hall–Kier alpha value is -0.0400. The summed E-state index contributed by atoms with van der Waals surface area (Å²) in [5.41, 5.74) is 1.22. The average molecular weight is 261 g/mol. The van der Waals surface area contributed by atoms with Crippen LogP contribution in [0.2, 0.25) is 0 Å². The van der Waals surface area contributed by atoms with Crippen molar-refractivity contribution in [1.29, 1.82) is 0 Å². The molecule has 3 aliphatic carbocycles. The third-order valence-corrected chi connectivity index (χ3v) is 7.42. The molecular formula is C18H31N. The second-order valence-corrected chi connectivity index (χ2v) is 8.96. The predicted octanol–water partition coefficient (Wildman–Crippen LogP) is 4.32. The smallest absolute Gasteiger partial charge is 0.0184 e. The van der Waals surface area contributed by atoms with Gasteiger partial charge in [0.25, 0.3) is 0 Å². The van der Waals surface area contributed by atoms with Crippen molar-refractivity contribution in [1.82, 2.24) is 4.90 Å². The Balaban J connectivity index is 1.82. The van der Waals surface area contributed by atoms with Crippen LogP contribution in [0.5, 0.6) is 0 Å². The molecule has 1 heteroatoms. The molecule has 0 radical (unpaired) electrons. The summed E-state index contributed by atoms with van der Waals surface area (Å²) in [6.45, 7) is 11.2. The molecule has 4 rings (SSSR count). The van der Waals surface area contributed by atoms with Gasteiger partial charge in [0, 0.05) is 12.1 Å². The minimum absolute atomic E-state index is 0.461. The highest BCUT2D eigenvalue weighted by Crippen LogP contribution is 2.72. The summed E-state index contributed by atoms with van der Waals surface area (Å²) in [4.78, 5) is 2.96. The van der Waals surface area contributed by atoms with E-state index in [1.165, 1.54) is 19.4 Å². The molecule has 0 aromatic heterocycles. The zero-order valence-corrected chi connectivity index (χ0v) is 13.3. The normalized spacial score (nSPS) is 52.7. The van der Waals surface area contributed by atoms with E-state index in [9.17, 15) is 0 Å². The molecular weight excluding hydrogens is 230 g/mol. The van der Waals surface area contributed by atoms with E-state index in [1.54, 1.807) is 25.7 Å². The molecule has 0 amide bonds. The van der Waals surface area contributed by atoms with Crippen molar-refractivity contribution in [3.05, 3.63) is 0 Å². The fourth-order valence-corrected chi connectivity index (χ4v) is 7.32. The summed E-state index contributed by atoms with van der Waals surface area (Å²) in [6.07, 6.45) is 9.27. The Labute approximate surface area is 119 Å². The topological polar surface area (TPSA) is 3.24 Å². The van der Waals surface area contributed by atoms with Gasteiger partial charge in [-0.2, -0.15) is 0 Å². The average Bonchev–Trinajstić information content (AvgIpc) is 3.02. The SMILES string of the molecule is CCN1C(C(C)(C)C)C2C3CCC(C3)C23CCCC13. The molecule has 4 aliphatic rings. The van der Waals surface area contributed by atoms with Crippen molar-refractivity contribution in [2.45, 2.75) is 78.3 Å². The van der Waals surface area contributed by atoms with Crippen molar-refractivity contribution in [3.63, 3.8) is 0 Å². The van der Waals surface area contributed by atoms with Crippen LogP contribution in [0.4, 0.5) is 0 Å². The van der Waals surface area contributed by atoms with Gasteiger partial charge in [-0.25, -0.2) is 0 Å². The number of hydrogen-bond acceptors (Lipinski definition) is 1. The second-order valence-electron chi connectivity index (χ2n) is 8.96. The summed E-state index contributed by atoms with van der Waals surface area (Å²) in [5.74, 6) is 3.21. The highest BCUT2D eigenvalue weighted by Gasteiger charge is 2.71. The summed E-state index contributed by atoms with van der Waals surface area (Å²) in [5, 5.41) is 0. The van der Waals surface area contributed by atoms with E-state index >= 15 is 0 Å². The summed E-state index contributed by atoms with van der Waals surface area (Å²) in [7, 11) is 0. The molecule has 1 nitrogen and oxygen atoms in total. The van der Waals surface area contributed by atoms with Crippen molar-refractivity contribution >= 4 is 0 Å². The maximum atomic E-state index is 2.96. The van der Waals surface area contributed by atoms with Gasteiger partial charge in [0.15, 0.2) is 0 Å². The van der Waals surface area contributed by atoms with E-state index in [0.717, 1.165) is 35.3 Å². The van der Waals surface area contributed by atoms with Gasteiger partial charge in [0.1, 0.15) is 0 Å². The molecule has 2 bridgehead atoms. The molecule has 4 fully saturated rings. The van der Waals surface area contributed by atoms with Crippen LogP contribution in [0, 0.1) is 28.6 Å². The first kappa shape index (κ1) is 12.7. The molecule has 1 aliphatic heterocycles. The van der Waals surface area contributed by atoms with Crippen molar-refractivity contribution in [3.8, 4) is 0 Å². The van der Waals surface area contributed by atoms with Gasteiger partial charge in [0.2, 0.25) is 0 Å². The van der Waals surface area contributed by atoms with Crippen molar-refractivity contribution < 1.29 is 0 Å². The van der Waals surface area contributed by atoms with Gasteiger partial charge in [0.05, 0.1) is 0 Å². The first-order chi connectivity index (χ1) is 9.00. The molecule has 0 aromatic rings. The van der Waals surface area contributed by atoms with Gasteiger partial charge >= 0.3 is 0 Å². The molecule has 1 heterocycles. The van der Waals surface area contributed by atoms with Crippen LogP contribution in [0.3, 0.4) is 0 Å². The fraction of sp³-hybridized carbons (Fsp3) is 1.00. The van der Waals surface area contributed by atoms with E-state index in [2.05, 4.69) is 32.6 Å². The Morgan fingerprint density at radius 2 is 1.95 bits per heavy atom. The van der Waals surface area contributed by atoms with Crippen LogP contribution in [-0.2, 0) is 0 Å². The lowest BCUT2D eigenvalue weighted by atomic mass is 9.61. The van der Waals surface area contributed by atoms with E-state index in [0.29, 0.717) is 5.41 Å². The number of fused-ring (bicyclic) bond motifs is 3. The molecule has 0 N–H and O–H groups in total. The Morgan fingerprint density at radius 1 is 1.16 bits per heavy atom. The molecule has 1 saturated heterocycles. The molecule has 0 aromatic carbocycles. The van der Waals surface area contributed by atoms with Crippen LogP contribution in [-0.4, -0.2) is 23.5 Å². The number of hydrogen-bond donors (Lipinski definition) is 0. The molecule has 3 saturated carbocycles. The molecule has 6 atom stereocenters. The second kappa shape index (κ2) is 3.78. The maximum absolute atomic E-state index is 2.96. The fourth-order valence-electron chi connectivity index (χ4n) is 7.32. The van der Waals surface area contributed by atoms with E-state index in [4.69, 9.17) is 0 Å². The monoisotopic (exact) mass is 261 g/mol. The largest absolute Gasteiger partial charge is 0.296 e. The summed E-state index contributed by atoms with van der Waals surface area (Å²) >= 11 is 0. The first-order valence-electron chi connectivity index (χ1n) is 8.76. The molecule has 19 heavy (non-hydrogen) atoms. The summed E-state index contributed by atoms with van der Waals surface area (Å²) in [6, 6.07) is 1.81. The zero-order valence-electron chi connectivity index (χ0n) is 13.3. The van der Waals surface area contributed by atoms with Crippen molar-refractivity contribution in [2.24, 2.45) is 28.6 Å². The third-order valence-electron chi connectivity index (χ3n) is 7.42. The van der Waals surface area contributed by atoms with Crippen LogP contribution >= 0.6 is 0 Å². The van der Waals surface area contributed by atoms with E-state index in [1.807, 2.05) is 0 Å². The Bertz CT molecular complexity index is 382. The lowest BCUT2D eigenvalue weighted by Crippen LogP contribution is -2.46. The molecule has 1 spiro atoms. The highest BCUT2D eigenvalue weighted by molar-refractivity contribution is 5.22. The standard InChI is InChI=1S/C18H31N/c1-5-19-14-7-6-10-18(14)13-9-8-12(11-13)15(18)16(19)17(2,3)4/h12-16H,5-11H2,1-4H3. The first-order valence-corrected chi connectivity index (χ1v) is 8.76. The third kappa shape index (κ3) is 1.36. The zero-order chi connectivity index (χ0) is 13.4. The van der Waals surface area contributed by atoms with Crippen LogP contribution in [0.1, 0.15) is 66.2 Å². The van der Waals surface area contributed by atoms with Crippen LogP contribution in [0.15, 0.2) is 0 Å². The van der Waals surface area contributed by atoms with Gasteiger partial charge in [-0.1, -0.05) is 34.1 Å². The number of likely N-dealkylation sites (tertiary alicyclic amines) is 1. The lowest BCUT2D eigenvalue weighted by Gasteiger charge is -2.43. The summed E-state index contributed by atoms with van der Waals surface area (Å²) < 4.78 is 0. The van der Waals surface area contributed by atoms with Gasteiger partial charge in [-0.15, -0.1) is 0 Å². The minimum atomic E-state index is 0.461. The molecule has 108 valence electrons. The van der Waals surface area contributed by atoms with Crippen molar-refractivity contribution in [2.75, 3.05) is 6.54 Å². The Kier molecular flexibility index (Phi) is 2.52. The predicted molar refractivity (Wildman–Crippen MR) is 80.0 cm³/mol. The lowest BCUT2D eigenvalue weighted by molar-refractivity contribution is 0.0668. The van der Waals surface area contributed by atoms with E-state index < -0.39 is 0 Å². The quantitative estimate of drug-likeness (QED) is 0.679. The highest BCUT2D eigenvalue weighted by atomic mass is 15.3. The number of rotatable bonds is 1.